The number of fused-ring (bicyclic) bond motifs is 14. The summed E-state index contributed by atoms with van der Waals surface area (Å²) in [5.74, 6) is 0. The molecule has 1 heterocycles. The molecule has 0 amide bonds. The SMILES string of the molecule is c1ccc(-c2ccc(N(c3ccc(-c4ccccc4)cc3)c3ccc4c(c3)C3(c5ccccc5-c5ccccc53)c3cc(N5c6c(ccc7ccccc67)-c6cccc7cccc5c67)ccc3-4)cc2)cc1. The first-order valence-electron chi connectivity index (χ1n) is 24.7. The fraction of sp³-hybridized carbons (Fsp3) is 0.0145. The molecule has 12 aromatic carbocycles. The van der Waals surface area contributed by atoms with E-state index >= 15 is 0 Å². The molecule has 0 bridgehead atoms. The van der Waals surface area contributed by atoms with Gasteiger partial charge in [0, 0.05) is 39.1 Å². The number of nitrogens with zero attached hydrogens (tertiary/aromatic N) is 2. The van der Waals surface area contributed by atoms with E-state index in [4.69, 9.17) is 0 Å². The molecule has 0 N–H and O–H groups in total. The molecular formula is C69H44N2. The first-order chi connectivity index (χ1) is 35.2. The average molecular weight is 901 g/mol. The minimum Gasteiger partial charge on any atom is -0.310 e. The maximum Gasteiger partial charge on any atom is 0.0727 e. The maximum absolute atomic E-state index is 2.56. The maximum atomic E-state index is 2.56. The van der Waals surface area contributed by atoms with Gasteiger partial charge >= 0.3 is 0 Å². The molecule has 71 heavy (non-hydrogen) atoms. The summed E-state index contributed by atoms with van der Waals surface area (Å²) in [4.78, 5) is 4.99. The Hall–Kier alpha value is -9.24. The fourth-order valence-electron chi connectivity index (χ4n) is 12.5. The lowest BCUT2D eigenvalue weighted by molar-refractivity contribution is 0.793. The van der Waals surface area contributed by atoms with E-state index < -0.39 is 5.41 Å². The van der Waals surface area contributed by atoms with Crippen LogP contribution in [0.15, 0.2) is 267 Å². The zero-order chi connectivity index (χ0) is 46.6. The smallest absolute Gasteiger partial charge is 0.0727 e. The van der Waals surface area contributed by atoms with Crippen LogP contribution >= 0.6 is 0 Å². The second kappa shape index (κ2) is 15.4. The zero-order valence-corrected chi connectivity index (χ0v) is 38.8. The third-order valence-corrected chi connectivity index (χ3v) is 15.6. The van der Waals surface area contributed by atoms with Crippen LogP contribution in [0.2, 0.25) is 0 Å². The highest BCUT2D eigenvalue weighted by Gasteiger charge is 2.52. The molecule has 1 aliphatic heterocycles. The Labute approximate surface area is 413 Å². The predicted octanol–water partition coefficient (Wildman–Crippen LogP) is 18.6. The Morgan fingerprint density at radius 3 is 1.44 bits per heavy atom. The van der Waals surface area contributed by atoms with E-state index in [2.05, 4.69) is 277 Å². The molecule has 12 aromatic rings. The van der Waals surface area contributed by atoms with Crippen LogP contribution in [-0.2, 0) is 5.41 Å². The van der Waals surface area contributed by atoms with E-state index in [1.54, 1.807) is 0 Å². The zero-order valence-electron chi connectivity index (χ0n) is 38.8. The average Bonchev–Trinajstić information content (AvgIpc) is 3.91. The molecular weight excluding hydrogens is 857 g/mol. The summed E-state index contributed by atoms with van der Waals surface area (Å²) in [7, 11) is 0. The Bertz CT molecular complexity index is 3960. The topological polar surface area (TPSA) is 6.48 Å². The lowest BCUT2D eigenvalue weighted by Crippen LogP contribution is -2.26. The first-order valence-corrected chi connectivity index (χ1v) is 24.7. The van der Waals surface area contributed by atoms with Gasteiger partial charge in [-0.05, 0) is 138 Å². The van der Waals surface area contributed by atoms with Crippen molar-refractivity contribution >= 4 is 55.7 Å². The standard InChI is InChI=1S/C69H44N2/c1-3-15-45(16-4-1)47-29-34-51(35-30-47)70(52-36-31-48(32-37-52)46-17-5-2-6-18-46)53-38-41-58-59-42-39-54(44-65(59)69(64(58)43-53)62-26-11-9-23-56(62)57-24-10-12-27-63(57)69)71-66-28-14-21-50-20-13-25-60(67(50)66)61-40-33-49-19-7-8-22-55(49)68(61)71/h1-44H. The van der Waals surface area contributed by atoms with Crippen LogP contribution in [0.4, 0.5) is 34.1 Å². The lowest BCUT2D eigenvalue weighted by atomic mass is 9.70. The number of anilines is 6. The van der Waals surface area contributed by atoms with Gasteiger partial charge < -0.3 is 9.80 Å². The Kier molecular flexibility index (Phi) is 8.61. The van der Waals surface area contributed by atoms with Gasteiger partial charge in [-0.1, -0.05) is 212 Å². The summed E-state index contributed by atoms with van der Waals surface area (Å²) in [5, 5.41) is 5.00. The summed E-state index contributed by atoms with van der Waals surface area (Å²) >= 11 is 0. The Morgan fingerprint density at radius 1 is 0.296 bits per heavy atom. The molecule has 15 rings (SSSR count). The van der Waals surface area contributed by atoms with Crippen molar-refractivity contribution in [1.29, 1.82) is 0 Å². The largest absolute Gasteiger partial charge is 0.310 e. The fourth-order valence-corrected chi connectivity index (χ4v) is 12.5. The molecule has 0 atom stereocenters. The van der Waals surface area contributed by atoms with Crippen LogP contribution in [0, 0.1) is 0 Å². The molecule has 0 aromatic heterocycles. The summed E-state index contributed by atoms with van der Waals surface area (Å²) in [6.07, 6.45) is 0. The number of hydrogen-bond donors (Lipinski definition) is 0. The van der Waals surface area contributed by atoms with Gasteiger partial charge in [-0.3, -0.25) is 0 Å². The van der Waals surface area contributed by atoms with Crippen LogP contribution in [0.25, 0.3) is 77.2 Å². The van der Waals surface area contributed by atoms with Gasteiger partial charge in [0.05, 0.1) is 16.8 Å². The van der Waals surface area contributed by atoms with E-state index in [-0.39, 0.29) is 0 Å². The van der Waals surface area contributed by atoms with E-state index in [1.165, 1.54) is 111 Å². The van der Waals surface area contributed by atoms with Gasteiger partial charge in [-0.25, -0.2) is 0 Å². The second-order valence-electron chi connectivity index (χ2n) is 19.2. The van der Waals surface area contributed by atoms with Crippen LogP contribution in [0.1, 0.15) is 22.3 Å². The van der Waals surface area contributed by atoms with Crippen molar-refractivity contribution in [2.75, 3.05) is 9.80 Å². The minimum absolute atomic E-state index is 0.592. The molecule has 2 heteroatoms. The minimum atomic E-state index is -0.592. The molecule has 2 aliphatic carbocycles. The monoisotopic (exact) mass is 900 g/mol. The van der Waals surface area contributed by atoms with E-state index in [0.29, 0.717) is 0 Å². The predicted molar refractivity (Wildman–Crippen MR) is 297 cm³/mol. The molecule has 0 fully saturated rings. The van der Waals surface area contributed by atoms with Crippen molar-refractivity contribution < 1.29 is 0 Å². The molecule has 330 valence electrons. The molecule has 0 radical (unpaired) electrons. The van der Waals surface area contributed by atoms with Gasteiger partial charge in [0.15, 0.2) is 0 Å². The van der Waals surface area contributed by atoms with Crippen molar-refractivity contribution in [3.05, 3.63) is 289 Å². The summed E-state index contributed by atoms with van der Waals surface area (Å²) in [6.45, 7) is 0. The highest BCUT2D eigenvalue weighted by molar-refractivity contribution is 6.19. The van der Waals surface area contributed by atoms with Gasteiger partial charge in [0.1, 0.15) is 0 Å². The molecule has 3 aliphatic rings. The first kappa shape index (κ1) is 39.7. The second-order valence-corrected chi connectivity index (χ2v) is 19.2. The van der Waals surface area contributed by atoms with Crippen molar-refractivity contribution in [3.8, 4) is 55.6 Å². The summed E-state index contributed by atoms with van der Waals surface area (Å²) in [6, 6.07) is 99.3. The van der Waals surface area contributed by atoms with Crippen molar-refractivity contribution in [2.45, 2.75) is 5.41 Å². The van der Waals surface area contributed by atoms with Crippen LogP contribution in [0.3, 0.4) is 0 Å². The normalized spacial score (nSPS) is 13.2. The number of benzene rings is 12. The van der Waals surface area contributed by atoms with Crippen LogP contribution < -0.4 is 9.80 Å². The molecule has 0 saturated heterocycles. The van der Waals surface area contributed by atoms with E-state index in [0.717, 1.165) is 22.7 Å². The highest BCUT2D eigenvalue weighted by Crippen LogP contribution is 2.65. The lowest BCUT2D eigenvalue weighted by Gasteiger charge is -2.36. The Balaban J connectivity index is 0.967. The third-order valence-electron chi connectivity index (χ3n) is 15.6. The van der Waals surface area contributed by atoms with Crippen molar-refractivity contribution in [1.82, 2.24) is 0 Å². The highest BCUT2D eigenvalue weighted by atomic mass is 15.2. The molecule has 1 spiro atoms. The van der Waals surface area contributed by atoms with Crippen LogP contribution in [-0.4, -0.2) is 0 Å². The number of rotatable bonds is 6. The van der Waals surface area contributed by atoms with Gasteiger partial charge in [0.2, 0.25) is 0 Å². The van der Waals surface area contributed by atoms with Crippen LogP contribution in [0.5, 0.6) is 0 Å². The summed E-state index contributed by atoms with van der Waals surface area (Å²) in [5.41, 5.74) is 23.9. The van der Waals surface area contributed by atoms with Gasteiger partial charge in [-0.15, -0.1) is 0 Å². The van der Waals surface area contributed by atoms with E-state index in [9.17, 15) is 0 Å². The molecule has 0 unspecified atom stereocenters. The van der Waals surface area contributed by atoms with Gasteiger partial charge in [0.25, 0.3) is 0 Å². The summed E-state index contributed by atoms with van der Waals surface area (Å²) < 4.78 is 0. The Morgan fingerprint density at radius 2 is 0.775 bits per heavy atom. The molecule has 0 saturated carbocycles. The van der Waals surface area contributed by atoms with Gasteiger partial charge in [-0.2, -0.15) is 0 Å². The van der Waals surface area contributed by atoms with Crippen molar-refractivity contribution in [3.63, 3.8) is 0 Å². The third kappa shape index (κ3) is 5.77. The van der Waals surface area contributed by atoms with Crippen molar-refractivity contribution in [2.24, 2.45) is 0 Å². The quantitative estimate of drug-likeness (QED) is 0.164. The number of hydrogen-bond acceptors (Lipinski definition) is 2. The molecule has 2 nitrogen and oxygen atoms in total. The van der Waals surface area contributed by atoms with E-state index in [1.807, 2.05) is 0 Å².